The molecule has 1 atom stereocenters. The highest BCUT2D eigenvalue weighted by Crippen LogP contribution is 2.36. The van der Waals surface area contributed by atoms with Gasteiger partial charge in [0.2, 0.25) is 0 Å². The van der Waals surface area contributed by atoms with Gasteiger partial charge in [0.25, 0.3) is 0 Å². The molecule has 0 amide bonds. The van der Waals surface area contributed by atoms with Crippen LogP contribution in [0.1, 0.15) is 31.8 Å². The van der Waals surface area contributed by atoms with Crippen LogP contribution in [0.25, 0.3) is 0 Å². The average molecular weight is 356 g/mol. The van der Waals surface area contributed by atoms with Crippen molar-refractivity contribution in [3.8, 4) is 0 Å². The molecule has 2 aromatic carbocycles. The van der Waals surface area contributed by atoms with E-state index >= 15 is 0 Å². The van der Waals surface area contributed by atoms with Crippen LogP contribution in [0.15, 0.2) is 36.4 Å². The summed E-state index contributed by atoms with van der Waals surface area (Å²) >= 11 is 0. The predicted molar refractivity (Wildman–Crippen MR) is 104 cm³/mol. The van der Waals surface area contributed by atoms with E-state index in [9.17, 15) is 13.8 Å². The lowest BCUT2D eigenvalue weighted by Gasteiger charge is -2.23. The molecule has 1 unspecified atom stereocenters. The van der Waals surface area contributed by atoms with Gasteiger partial charge in [0, 0.05) is 48.1 Å². The molecule has 130 valence electrons. The van der Waals surface area contributed by atoms with Crippen LogP contribution in [0.3, 0.4) is 0 Å². The van der Waals surface area contributed by atoms with Gasteiger partial charge in [-0.1, -0.05) is 24.3 Å². The van der Waals surface area contributed by atoms with Gasteiger partial charge in [-0.3, -0.25) is 13.8 Å². The molecule has 0 spiro atoms. The minimum Gasteiger partial charge on any atom is -0.388 e. The summed E-state index contributed by atoms with van der Waals surface area (Å²) in [5.74, 6) is 3.66. The van der Waals surface area contributed by atoms with E-state index in [1.54, 1.807) is 49.7 Å². The van der Waals surface area contributed by atoms with Crippen molar-refractivity contribution in [2.24, 2.45) is 0 Å². The third-order valence-corrected chi connectivity index (χ3v) is 5.26. The zero-order valence-corrected chi connectivity index (χ0v) is 15.0. The zero-order valence-electron chi connectivity index (χ0n) is 14.2. The fourth-order valence-corrected chi connectivity index (χ4v) is 3.51. The zero-order chi connectivity index (χ0) is 18.2. The molecule has 0 fully saturated rings. The Hall–Kier alpha value is -2.60. The number of rotatable bonds is 5. The van der Waals surface area contributed by atoms with Crippen molar-refractivity contribution in [1.82, 2.24) is 0 Å². The number of carbonyl (C=O) groups is 2. The summed E-state index contributed by atoms with van der Waals surface area (Å²) in [7, 11) is -0.410. The van der Waals surface area contributed by atoms with Gasteiger partial charge in [0.05, 0.1) is 11.1 Å². The number of anilines is 2. The SMILES string of the molecule is C=S(C)(=O)CCNc1ccc(NC)c2c1C(=O)c1ccccc1C2=O. The second-order valence-electron chi connectivity index (χ2n) is 6.18. The molecule has 5 nitrogen and oxygen atoms in total. The summed E-state index contributed by atoms with van der Waals surface area (Å²) in [4.78, 5) is 26.0. The first kappa shape index (κ1) is 17.2. The van der Waals surface area contributed by atoms with Crippen LogP contribution in [0.5, 0.6) is 0 Å². The summed E-state index contributed by atoms with van der Waals surface area (Å²) < 4.78 is 11.8. The quantitative estimate of drug-likeness (QED) is 0.686. The number of benzene rings is 2. The van der Waals surface area contributed by atoms with E-state index in [-0.39, 0.29) is 11.6 Å². The lowest BCUT2D eigenvalue weighted by atomic mass is 9.82. The smallest absolute Gasteiger partial charge is 0.196 e. The Balaban J connectivity index is 2.10. The largest absolute Gasteiger partial charge is 0.388 e. The minimum atomic E-state index is -2.13. The first-order valence-corrected chi connectivity index (χ1v) is 10.2. The molecular formula is C19H20N2O3S. The van der Waals surface area contributed by atoms with Crippen LogP contribution < -0.4 is 10.6 Å². The fourth-order valence-electron chi connectivity index (χ4n) is 2.98. The molecule has 0 heterocycles. The van der Waals surface area contributed by atoms with Gasteiger partial charge in [-0.25, -0.2) is 0 Å². The molecule has 1 aliphatic rings. The normalized spacial score (nSPS) is 15.1. The van der Waals surface area contributed by atoms with Crippen molar-refractivity contribution in [3.63, 3.8) is 0 Å². The Bertz CT molecular complexity index is 978. The Morgan fingerprint density at radius 3 is 2.00 bits per heavy atom. The minimum absolute atomic E-state index is 0.172. The molecule has 0 saturated heterocycles. The molecule has 3 rings (SSSR count). The first-order valence-electron chi connectivity index (χ1n) is 7.90. The Labute approximate surface area is 147 Å². The number of hydrogen-bond donors (Lipinski definition) is 2. The summed E-state index contributed by atoms with van der Waals surface area (Å²) in [5, 5.41) is 6.13. The molecular weight excluding hydrogens is 336 g/mol. The van der Waals surface area contributed by atoms with Gasteiger partial charge in [-0.15, -0.1) is 0 Å². The van der Waals surface area contributed by atoms with Crippen molar-refractivity contribution >= 4 is 38.3 Å². The molecule has 0 aromatic heterocycles. The molecule has 0 aliphatic heterocycles. The summed E-state index contributed by atoms with van der Waals surface area (Å²) in [6, 6.07) is 10.4. The van der Waals surface area contributed by atoms with E-state index in [0.29, 0.717) is 45.9 Å². The number of ketones is 2. The van der Waals surface area contributed by atoms with Crippen molar-refractivity contribution in [2.75, 3.05) is 36.2 Å². The lowest BCUT2D eigenvalue weighted by molar-refractivity contribution is 0.0980. The van der Waals surface area contributed by atoms with Gasteiger partial charge in [-0.05, 0) is 27.5 Å². The van der Waals surface area contributed by atoms with E-state index in [4.69, 9.17) is 0 Å². The third kappa shape index (κ3) is 3.17. The lowest BCUT2D eigenvalue weighted by Crippen LogP contribution is -2.24. The van der Waals surface area contributed by atoms with E-state index in [1.165, 1.54) is 0 Å². The van der Waals surface area contributed by atoms with Crippen LogP contribution in [-0.4, -0.2) is 47.2 Å². The topological polar surface area (TPSA) is 75.3 Å². The first-order chi connectivity index (χ1) is 11.8. The van der Waals surface area contributed by atoms with Crippen LogP contribution in [0, 0.1) is 0 Å². The van der Waals surface area contributed by atoms with Crippen molar-refractivity contribution in [3.05, 3.63) is 58.7 Å². The van der Waals surface area contributed by atoms with Gasteiger partial charge in [0.15, 0.2) is 11.6 Å². The van der Waals surface area contributed by atoms with Gasteiger partial charge < -0.3 is 10.6 Å². The molecule has 25 heavy (non-hydrogen) atoms. The van der Waals surface area contributed by atoms with Crippen LogP contribution >= 0.6 is 0 Å². The van der Waals surface area contributed by atoms with Gasteiger partial charge in [0.1, 0.15) is 0 Å². The Kier molecular flexibility index (Phi) is 4.39. The highest BCUT2D eigenvalue weighted by molar-refractivity contribution is 7.99. The monoisotopic (exact) mass is 356 g/mol. The van der Waals surface area contributed by atoms with E-state index in [1.807, 2.05) is 0 Å². The Morgan fingerprint density at radius 1 is 0.960 bits per heavy atom. The van der Waals surface area contributed by atoms with Crippen LogP contribution in [0.2, 0.25) is 0 Å². The fraction of sp³-hybridized carbons (Fsp3) is 0.211. The number of hydrogen-bond acceptors (Lipinski definition) is 5. The second-order valence-corrected chi connectivity index (χ2v) is 8.96. The molecule has 1 aliphatic carbocycles. The predicted octanol–water partition coefficient (Wildman–Crippen LogP) is 2.26. The average Bonchev–Trinajstić information content (AvgIpc) is 2.58. The molecule has 0 radical (unpaired) electrons. The molecule has 2 N–H and O–H groups in total. The van der Waals surface area contributed by atoms with Crippen molar-refractivity contribution in [2.45, 2.75) is 0 Å². The van der Waals surface area contributed by atoms with E-state index in [0.717, 1.165) is 0 Å². The third-order valence-electron chi connectivity index (χ3n) is 4.19. The highest BCUT2D eigenvalue weighted by Gasteiger charge is 2.33. The molecule has 0 saturated carbocycles. The van der Waals surface area contributed by atoms with Crippen LogP contribution in [-0.2, 0) is 9.52 Å². The highest BCUT2D eigenvalue weighted by atomic mass is 32.2. The maximum Gasteiger partial charge on any atom is 0.196 e. The van der Waals surface area contributed by atoms with E-state index < -0.39 is 9.52 Å². The maximum absolute atomic E-state index is 13.0. The maximum atomic E-state index is 13.0. The number of nitrogens with one attached hydrogen (secondary N) is 2. The molecule has 2 aromatic rings. The molecule has 0 bridgehead atoms. The van der Waals surface area contributed by atoms with Crippen LogP contribution in [0.4, 0.5) is 11.4 Å². The summed E-state index contributed by atoms with van der Waals surface area (Å²) in [5.41, 5.74) is 2.76. The Morgan fingerprint density at radius 2 is 1.48 bits per heavy atom. The van der Waals surface area contributed by atoms with Crippen molar-refractivity contribution < 1.29 is 13.8 Å². The van der Waals surface area contributed by atoms with Gasteiger partial charge in [-0.2, -0.15) is 0 Å². The van der Waals surface area contributed by atoms with Crippen molar-refractivity contribution in [1.29, 1.82) is 0 Å². The number of fused-ring (bicyclic) bond motifs is 2. The standard InChI is InChI=1S/C19H20N2O3S/c1-20-14-8-9-15(21-10-11-25(2,3)24)17-16(14)18(22)12-6-4-5-7-13(12)19(17)23/h4-9,20-21H,2,10-11H2,1,3H3. The summed E-state index contributed by atoms with van der Waals surface area (Å²) in [6.07, 6.45) is 1.60. The van der Waals surface area contributed by atoms with E-state index in [2.05, 4.69) is 16.5 Å². The number of carbonyl (C=O) groups excluding carboxylic acids is 2. The van der Waals surface area contributed by atoms with Gasteiger partial charge >= 0.3 is 0 Å². The second kappa shape index (κ2) is 6.37. The molecule has 6 heteroatoms. The summed E-state index contributed by atoms with van der Waals surface area (Å²) in [6.45, 7) is 0.410.